The highest BCUT2D eigenvalue weighted by Gasteiger charge is 2.23. The predicted molar refractivity (Wildman–Crippen MR) is 109 cm³/mol. The fourth-order valence-corrected chi connectivity index (χ4v) is 3.74. The number of hydrogen-bond donors (Lipinski definition) is 1. The topological polar surface area (TPSA) is 88.1 Å². The molecule has 0 bridgehead atoms. The van der Waals surface area contributed by atoms with Gasteiger partial charge in [-0.1, -0.05) is 31.2 Å². The van der Waals surface area contributed by atoms with E-state index in [0.29, 0.717) is 11.3 Å². The first-order chi connectivity index (χ1) is 13.3. The van der Waals surface area contributed by atoms with Crippen LogP contribution in [0.3, 0.4) is 0 Å². The van der Waals surface area contributed by atoms with Gasteiger partial charge in [0, 0.05) is 7.05 Å². The molecule has 7 nitrogen and oxygen atoms in total. The summed E-state index contributed by atoms with van der Waals surface area (Å²) in [4.78, 5) is 12.1. The van der Waals surface area contributed by atoms with Gasteiger partial charge < -0.3 is 4.74 Å². The number of benzene rings is 2. The molecule has 2 aromatic carbocycles. The van der Waals surface area contributed by atoms with Crippen molar-refractivity contribution in [2.24, 2.45) is 5.10 Å². The van der Waals surface area contributed by atoms with Gasteiger partial charge in [-0.25, -0.2) is 13.8 Å². The van der Waals surface area contributed by atoms with Gasteiger partial charge in [-0.2, -0.15) is 9.41 Å². The van der Waals surface area contributed by atoms with Crippen LogP contribution in [-0.4, -0.2) is 45.5 Å². The van der Waals surface area contributed by atoms with Crippen molar-refractivity contribution < 1.29 is 17.9 Å². The zero-order valence-electron chi connectivity index (χ0n) is 16.5. The fourth-order valence-electron chi connectivity index (χ4n) is 2.53. The second-order valence-corrected chi connectivity index (χ2v) is 8.33. The van der Waals surface area contributed by atoms with Gasteiger partial charge >= 0.3 is 0 Å². The van der Waals surface area contributed by atoms with Crippen LogP contribution in [-0.2, 0) is 21.2 Å². The Bertz CT molecular complexity index is 954. The average molecular weight is 404 g/mol. The number of aryl methyl sites for hydroxylation is 2. The number of rotatable bonds is 8. The lowest BCUT2D eigenvalue weighted by atomic mass is 10.1. The molecule has 8 heteroatoms. The van der Waals surface area contributed by atoms with E-state index in [1.165, 1.54) is 38.1 Å². The lowest BCUT2D eigenvalue weighted by Gasteiger charge is -2.17. The van der Waals surface area contributed by atoms with Crippen molar-refractivity contribution in [3.63, 3.8) is 0 Å². The van der Waals surface area contributed by atoms with Crippen molar-refractivity contribution in [3.05, 3.63) is 59.2 Å². The lowest BCUT2D eigenvalue weighted by molar-refractivity contribution is -0.121. The summed E-state index contributed by atoms with van der Waals surface area (Å²) in [6, 6.07) is 12.3. The van der Waals surface area contributed by atoms with Gasteiger partial charge in [-0.15, -0.1) is 0 Å². The monoisotopic (exact) mass is 403 g/mol. The zero-order valence-corrected chi connectivity index (χ0v) is 17.3. The third-order valence-corrected chi connectivity index (χ3v) is 6.03. The minimum atomic E-state index is -3.80. The average Bonchev–Trinajstić information content (AvgIpc) is 2.68. The van der Waals surface area contributed by atoms with Gasteiger partial charge in [-0.3, -0.25) is 4.79 Å². The smallest absolute Gasteiger partial charge is 0.255 e. The molecule has 0 saturated heterocycles. The molecule has 1 amide bonds. The molecule has 0 radical (unpaired) electrons. The second-order valence-electron chi connectivity index (χ2n) is 6.28. The van der Waals surface area contributed by atoms with Crippen molar-refractivity contribution >= 4 is 22.1 Å². The maximum absolute atomic E-state index is 12.6. The van der Waals surface area contributed by atoms with Crippen LogP contribution in [0, 0.1) is 6.92 Å². The number of nitrogens with one attached hydrogen (secondary N) is 1. The third kappa shape index (κ3) is 5.40. The van der Waals surface area contributed by atoms with Crippen molar-refractivity contribution in [1.29, 1.82) is 0 Å². The molecule has 0 saturated carbocycles. The molecule has 0 aromatic heterocycles. The maximum atomic E-state index is 12.6. The number of likely N-dealkylation sites (N-methyl/N-ethyl adjacent to an activating group) is 1. The first-order valence-corrected chi connectivity index (χ1v) is 10.2. The number of methoxy groups -OCH3 is 1. The first-order valence-electron chi connectivity index (χ1n) is 8.79. The molecular formula is C20H25N3O4S. The summed E-state index contributed by atoms with van der Waals surface area (Å²) in [6.07, 6.45) is 2.46. The summed E-state index contributed by atoms with van der Waals surface area (Å²) < 4.78 is 31.4. The number of sulfonamides is 1. The van der Waals surface area contributed by atoms with E-state index >= 15 is 0 Å². The normalized spacial score (nSPS) is 11.8. The van der Waals surface area contributed by atoms with Gasteiger partial charge in [0.1, 0.15) is 5.75 Å². The third-order valence-electron chi connectivity index (χ3n) is 4.23. The molecule has 28 heavy (non-hydrogen) atoms. The summed E-state index contributed by atoms with van der Waals surface area (Å²) in [6.45, 7) is 3.48. The molecule has 0 unspecified atom stereocenters. The molecular weight excluding hydrogens is 378 g/mol. The molecule has 0 aliphatic heterocycles. The van der Waals surface area contributed by atoms with Crippen LogP contribution in [0.5, 0.6) is 5.75 Å². The van der Waals surface area contributed by atoms with E-state index in [2.05, 4.69) is 17.5 Å². The Morgan fingerprint density at radius 1 is 1.21 bits per heavy atom. The van der Waals surface area contributed by atoms with Crippen LogP contribution in [0.25, 0.3) is 0 Å². The Balaban J connectivity index is 1.98. The van der Waals surface area contributed by atoms with Crippen LogP contribution in [0.1, 0.15) is 23.6 Å². The Kier molecular flexibility index (Phi) is 7.31. The number of hydrazone groups is 1. The first kappa shape index (κ1) is 21.6. The fraction of sp³-hybridized carbons (Fsp3) is 0.300. The van der Waals surface area contributed by atoms with Crippen LogP contribution < -0.4 is 10.2 Å². The predicted octanol–water partition coefficient (Wildman–Crippen LogP) is 2.34. The van der Waals surface area contributed by atoms with E-state index in [1.54, 1.807) is 13.0 Å². The minimum absolute atomic E-state index is 0.0978. The number of carbonyl (C=O) groups excluding carboxylic acids is 1. The quantitative estimate of drug-likeness (QED) is 0.541. The van der Waals surface area contributed by atoms with E-state index in [4.69, 9.17) is 4.74 Å². The SMILES string of the molecule is CCc1ccc(C=NNC(=O)CN(C)S(=O)(=O)c2ccc(OC)c(C)c2)cc1. The van der Waals surface area contributed by atoms with Crippen LogP contribution in [0.15, 0.2) is 52.5 Å². The highest BCUT2D eigenvalue weighted by molar-refractivity contribution is 7.89. The Hall–Kier alpha value is -2.71. The van der Waals surface area contributed by atoms with Crippen LogP contribution >= 0.6 is 0 Å². The maximum Gasteiger partial charge on any atom is 0.255 e. The van der Waals surface area contributed by atoms with Gasteiger partial charge in [0.05, 0.1) is 24.8 Å². The summed E-state index contributed by atoms with van der Waals surface area (Å²) >= 11 is 0. The standard InChI is InChI=1S/C20H25N3O4S/c1-5-16-6-8-17(9-7-16)13-21-22-20(24)14-23(3)28(25,26)18-10-11-19(27-4)15(2)12-18/h6-13H,5,14H2,1-4H3,(H,22,24). The van der Waals surface area contributed by atoms with Crippen molar-refractivity contribution in [1.82, 2.24) is 9.73 Å². The molecule has 0 spiro atoms. The van der Waals surface area contributed by atoms with E-state index in [0.717, 1.165) is 16.3 Å². The van der Waals surface area contributed by atoms with E-state index < -0.39 is 15.9 Å². The Morgan fingerprint density at radius 2 is 1.89 bits per heavy atom. The largest absolute Gasteiger partial charge is 0.496 e. The lowest BCUT2D eigenvalue weighted by Crippen LogP contribution is -2.36. The van der Waals surface area contributed by atoms with E-state index in [-0.39, 0.29) is 11.4 Å². The molecule has 0 aliphatic carbocycles. The minimum Gasteiger partial charge on any atom is -0.496 e. The van der Waals surface area contributed by atoms with Gasteiger partial charge in [0.25, 0.3) is 5.91 Å². The molecule has 0 fully saturated rings. The van der Waals surface area contributed by atoms with Gasteiger partial charge in [0.2, 0.25) is 10.0 Å². The van der Waals surface area contributed by atoms with Crippen LogP contribution in [0.2, 0.25) is 0 Å². The van der Waals surface area contributed by atoms with Gasteiger partial charge in [-0.05, 0) is 48.2 Å². The molecule has 2 aromatic rings. The molecule has 0 aliphatic rings. The Morgan fingerprint density at radius 3 is 2.46 bits per heavy atom. The van der Waals surface area contributed by atoms with E-state index in [1.807, 2.05) is 24.3 Å². The molecule has 0 heterocycles. The highest BCUT2D eigenvalue weighted by Crippen LogP contribution is 2.23. The summed E-state index contributed by atoms with van der Waals surface area (Å²) in [5, 5.41) is 3.88. The zero-order chi connectivity index (χ0) is 20.7. The summed E-state index contributed by atoms with van der Waals surface area (Å²) in [7, 11) is -0.933. The van der Waals surface area contributed by atoms with Crippen molar-refractivity contribution in [2.45, 2.75) is 25.2 Å². The van der Waals surface area contributed by atoms with Crippen molar-refractivity contribution in [3.8, 4) is 5.75 Å². The molecule has 1 N–H and O–H groups in total. The molecule has 150 valence electrons. The Labute approximate surface area is 166 Å². The highest BCUT2D eigenvalue weighted by atomic mass is 32.2. The number of amides is 1. The van der Waals surface area contributed by atoms with Gasteiger partial charge in [0.15, 0.2) is 0 Å². The number of hydrogen-bond acceptors (Lipinski definition) is 5. The molecule has 0 atom stereocenters. The van der Waals surface area contributed by atoms with Crippen LogP contribution in [0.4, 0.5) is 0 Å². The summed E-state index contributed by atoms with van der Waals surface area (Å²) in [5.41, 5.74) is 5.09. The number of ether oxygens (including phenoxy) is 1. The van der Waals surface area contributed by atoms with Crippen molar-refractivity contribution in [2.75, 3.05) is 20.7 Å². The number of nitrogens with zero attached hydrogens (tertiary/aromatic N) is 2. The molecule has 2 rings (SSSR count). The second kappa shape index (κ2) is 9.48. The summed E-state index contributed by atoms with van der Waals surface area (Å²) in [5.74, 6) is 0.0680. The van der Waals surface area contributed by atoms with E-state index in [9.17, 15) is 13.2 Å². The number of carbonyl (C=O) groups is 1.